The second kappa shape index (κ2) is 11.5. The molecule has 1 amide bonds. The van der Waals surface area contributed by atoms with Crippen LogP contribution in [-0.4, -0.2) is 32.0 Å². The number of carbonyl (C=O) groups is 1. The summed E-state index contributed by atoms with van der Waals surface area (Å²) >= 11 is 0. The molecule has 9 heteroatoms. The molecule has 0 aromatic heterocycles. The Hall–Kier alpha value is -2.30. The lowest BCUT2D eigenvalue weighted by Gasteiger charge is -2.26. The van der Waals surface area contributed by atoms with Crippen molar-refractivity contribution in [2.45, 2.75) is 37.8 Å². The molecule has 2 atom stereocenters. The van der Waals surface area contributed by atoms with Gasteiger partial charge in [-0.1, -0.05) is 43.3 Å². The molecule has 0 saturated heterocycles. The maximum Gasteiger partial charge on any atom is 0.416 e. The molecule has 5 nitrogen and oxygen atoms in total. The summed E-state index contributed by atoms with van der Waals surface area (Å²) in [7, 11) is 1.66. The number of nitrogens with zero attached hydrogens (tertiary/aromatic N) is 1. The van der Waals surface area contributed by atoms with E-state index in [2.05, 4.69) is 20.9 Å². The Balaban J connectivity index is 0.00000363. The minimum atomic E-state index is -4.34. The molecule has 0 fully saturated rings. The summed E-state index contributed by atoms with van der Waals surface area (Å²) in [6.07, 6.45) is -3.29. The number of fused-ring (bicyclic) bond motifs is 1. The van der Waals surface area contributed by atoms with Gasteiger partial charge < -0.3 is 16.0 Å². The number of anilines is 1. The monoisotopic (exact) mass is 560 g/mol. The van der Waals surface area contributed by atoms with Crippen LogP contribution in [0.15, 0.2) is 53.5 Å². The molecule has 0 saturated carbocycles. The van der Waals surface area contributed by atoms with E-state index in [9.17, 15) is 18.0 Å². The zero-order valence-corrected chi connectivity index (χ0v) is 20.3. The number of benzene rings is 2. The van der Waals surface area contributed by atoms with E-state index in [1.807, 2.05) is 31.2 Å². The van der Waals surface area contributed by atoms with Crippen LogP contribution in [0.25, 0.3) is 0 Å². The molecular weight excluding hydrogens is 532 g/mol. The minimum Gasteiger partial charge on any atom is -0.356 e. The smallest absolute Gasteiger partial charge is 0.356 e. The Bertz CT molecular complexity index is 949. The van der Waals surface area contributed by atoms with E-state index in [-0.39, 0.29) is 41.7 Å². The highest BCUT2D eigenvalue weighted by Crippen LogP contribution is 2.32. The zero-order chi connectivity index (χ0) is 22.4. The molecule has 1 aliphatic rings. The molecule has 1 heterocycles. The number of hydrogen-bond donors (Lipinski definition) is 3. The maximum absolute atomic E-state index is 12.9. The molecule has 3 rings (SSSR count). The fourth-order valence-electron chi connectivity index (χ4n) is 3.72. The normalized spacial score (nSPS) is 17.0. The van der Waals surface area contributed by atoms with E-state index in [1.54, 1.807) is 13.1 Å². The predicted molar refractivity (Wildman–Crippen MR) is 132 cm³/mol. The molecule has 0 aliphatic carbocycles. The third-order valence-electron chi connectivity index (χ3n) is 5.50. The number of carbonyl (C=O) groups excluding carboxylic acids is 1. The van der Waals surface area contributed by atoms with Crippen molar-refractivity contribution in [3.05, 3.63) is 65.2 Å². The van der Waals surface area contributed by atoms with Crippen LogP contribution in [0.5, 0.6) is 0 Å². The van der Waals surface area contributed by atoms with Gasteiger partial charge in [-0.3, -0.25) is 9.79 Å². The van der Waals surface area contributed by atoms with E-state index in [4.69, 9.17) is 0 Å². The Kier molecular flexibility index (Phi) is 9.35. The van der Waals surface area contributed by atoms with Gasteiger partial charge in [0.1, 0.15) is 0 Å². The second-order valence-electron chi connectivity index (χ2n) is 7.73. The first-order valence-electron chi connectivity index (χ1n) is 10.3. The van der Waals surface area contributed by atoms with Crippen LogP contribution in [-0.2, 0) is 11.0 Å². The second-order valence-corrected chi connectivity index (χ2v) is 7.73. The van der Waals surface area contributed by atoms with Gasteiger partial charge in [0.05, 0.1) is 5.56 Å². The average molecular weight is 560 g/mol. The summed E-state index contributed by atoms with van der Waals surface area (Å²) in [4.78, 5) is 16.2. The fraction of sp³-hybridized carbons (Fsp3) is 0.391. The predicted octanol–water partition coefficient (Wildman–Crippen LogP) is 5.11. The first-order valence-corrected chi connectivity index (χ1v) is 10.3. The average Bonchev–Trinajstić information content (AvgIpc) is 2.75. The fourth-order valence-corrected chi connectivity index (χ4v) is 3.72. The summed E-state index contributed by atoms with van der Waals surface area (Å²) in [6.45, 7) is 3.01. The minimum absolute atomic E-state index is 0. The Morgan fingerprint density at radius 3 is 2.66 bits per heavy atom. The van der Waals surface area contributed by atoms with Crippen molar-refractivity contribution in [2.75, 3.05) is 25.5 Å². The molecular formula is C23H28F3IN4O. The van der Waals surface area contributed by atoms with Crippen molar-refractivity contribution in [3.8, 4) is 0 Å². The van der Waals surface area contributed by atoms with Crippen LogP contribution in [0.2, 0.25) is 0 Å². The number of alkyl halides is 3. The van der Waals surface area contributed by atoms with E-state index >= 15 is 0 Å². The highest BCUT2D eigenvalue weighted by Gasteiger charge is 2.30. The van der Waals surface area contributed by atoms with Crippen LogP contribution in [0.3, 0.4) is 0 Å². The van der Waals surface area contributed by atoms with Crippen molar-refractivity contribution >= 4 is 41.5 Å². The van der Waals surface area contributed by atoms with Crippen molar-refractivity contribution in [2.24, 2.45) is 4.99 Å². The van der Waals surface area contributed by atoms with Gasteiger partial charge in [-0.05, 0) is 35.6 Å². The number of halogens is 4. The third-order valence-corrected chi connectivity index (χ3v) is 5.50. The Labute approximate surface area is 203 Å². The van der Waals surface area contributed by atoms with Crippen molar-refractivity contribution in [1.82, 2.24) is 10.6 Å². The zero-order valence-electron chi connectivity index (χ0n) is 18.0. The number of amides is 1. The van der Waals surface area contributed by atoms with Crippen molar-refractivity contribution in [1.29, 1.82) is 0 Å². The number of nitrogens with one attached hydrogen (secondary N) is 3. The molecule has 0 bridgehead atoms. The van der Waals surface area contributed by atoms with E-state index in [0.717, 1.165) is 17.3 Å². The quantitative estimate of drug-likeness (QED) is 0.262. The van der Waals surface area contributed by atoms with E-state index in [0.29, 0.717) is 37.5 Å². The molecule has 2 unspecified atom stereocenters. The largest absolute Gasteiger partial charge is 0.416 e. The third kappa shape index (κ3) is 6.85. The summed E-state index contributed by atoms with van der Waals surface area (Å²) in [5.41, 5.74) is 1.95. The number of aliphatic imine (C=N–C) groups is 1. The van der Waals surface area contributed by atoms with Crippen LogP contribution < -0.4 is 16.0 Å². The van der Waals surface area contributed by atoms with Crippen molar-refractivity contribution < 1.29 is 18.0 Å². The van der Waals surface area contributed by atoms with Gasteiger partial charge in [0.25, 0.3) is 0 Å². The molecule has 0 radical (unpaired) electrons. The van der Waals surface area contributed by atoms with Gasteiger partial charge >= 0.3 is 6.18 Å². The summed E-state index contributed by atoms with van der Waals surface area (Å²) in [5, 5.41) is 9.34. The lowest BCUT2D eigenvalue weighted by molar-refractivity contribution is -0.137. The summed E-state index contributed by atoms with van der Waals surface area (Å²) < 4.78 is 38.8. The topological polar surface area (TPSA) is 65.5 Å². The van der Waals surface area contributed by atoms with Gasteiger partial charge in [-0.15, -0.1) is 24.0 Å². The number of para-hydroxylation sites is 1. The van der Waals surface area contributed by atoms with Crippen molar-refractivity contribution in [3.63, 3.8) is 0 Å². The molecule has 3 N–H and O–H groups in total. The van der Waals surface area contributed by atoms with E-state index < -0.39 is 11.7 Å². The maximum atomic E-state index is 12.9. The van der Waals surface area contributed by atoms with Gasteiger partial charge in [0, 0.05) is 38.2 Å². The standard InChI is InChI=1S/C23H27F3N4O.HI/c1-15(16-6-5-7-18(12-16)23(24,25)26)10-11-28-22(27-2)29-14-17-13-21(31)30-20-9-4-3-8-19(17)20;/h3-9,12,15,17H,10-11,13-14H2,1-2H3,(H,30,31)(H2,27,28,29);1H. The highest BCUT2D eigenvalue weighted by molar-refractivity contribution is 14.0. The molecule has 2 aromatic carbocycles. The Morgan fingerprint density at radius 2 is 1.94 bits per heavy atom. The van der Waals surface area contributed by atoms with Crippen LogP contribution in [0.1, 0.15) is 48.3 Å². The molecule has 1 aliphatic heterocycles. The Morgan fingerprint density at radius 1 is 1.19 bits per heavy atom. The van der Waals surface area contributed by atoms with Crippen LogP contribution >= 0.6 is 24.0 Å². The van der Waals surface area contributed by atoms with Gasteiger partial charge in [0.2, 0.25) is 5.91 Å². The number of guanidine groups is 1. The first kappa shape index (κ1) is 26.0. The van der Waals surface area contributed by atoms with Gasteiger partial charge in [0.15, 0.2) is 5.96 Å². The SMILES string of the molecule is CN=C(NCCC(C)c1cccc(C(F)(F)F)c1)NCC1CC(=O)Nc2ccccc21.I. The van der Waals surface area contributed by atoms with E-state index in [1.165, 1.54) is 12.1 Å². The molecule has 32 heavy (non-hydrogen) atoms. The lowest BCUT2D eigenvalue weighted by atomic mass is 9.90. The highest BCUT2D eigenvalue weighted by atomic mass is 127. The van der Waals surface area contributed by atoms with Gasteiger partial charge in [-0.2, -0.15) is 13.2 Å². The molecule has 2 aromatic rings. The molecule has 174 valence electrons. The first-order chi connectivity index (χ1) is 14.8. The molecule has 0 spiro atoms. The number of hydrogen-bond acceptors (Lipinski definition) is 2. The van der Waals surface area contributed by atoms with Gasteiger partial charge in [-0.25, -0.2) is 0 Å². The lowest BCUT2D eigenvalue weighted by Crippen LogP contribution is -2.41. The van der Waals surface area contributed by atoms with Crippen LogP contribution in [0.4, 0.5) is 18.9 Å². The number of rotatable bonds is 6. The summed E-state index contributed by atoms with van der Waals surface area (Å²) in [6, 6.07) is 13.2. The summed E-state index contributed by atoms with van der Waals surface area (Å²) in [5.74, 6) is 0.581. The van der Waals surface area contributed by atoms with Crippen LogP contribution in [0, 0.1) is 0 Å².